The number of allylic oxidation sites excluding steroid dienone is 4. The van der Waals surface area contributed by atoms with Gasteiger partial charge in [0.05, 0.1) is 22.4 Å². The van der Waals surface area contributed by atoms with Gasteiger partial charge in [-0.1, -0.05) is 56.3 Å². The Morgan fingerprint density at radius 3 is 1.70 bits per heavy atom. The molecule has 0 N–H and O–H groups in total. The van der Waals surface area contributed by atoms with Gasteiger partial charge in [-0.15, -0.1) is 0 Å². The number of hydrogen-bond acceptors (Lipinski definition) is 4. The molecule has 2 aliphatic rings. The van der Waals surface area contributed by atoms with Crippen LogP contribution >= 0.6 is 0 Å². The summed E-state index contributed by atoms with van der Waals surface area (Å²) in [7, 11) is -0.556. The van der Waals surface area contributed by atoms with E-state index in [1.165, 1.54) is 11.1 Å². The van der Waals surface area contributed by atoms with Crippen molar-refractivity contribution in [3.8, 4) is 0 Å². The van der Waals surface area contributed by atoms with Crippen molar-refractivity contribution >= 4 is 19.7 Å². The van der Waals surface area contributed by atoms with Crippen LogP contribution in [0.5, 0.6) is 0 Å². The molecule has 0 aromatic heterocycles. The first kappa shape index (κ1) is 26.3. The van der Waals surface area contributed by atoms with Gasteiger partial charge in [-0.2, -0.15) is 0 Å². The van der Waals surface area contributed by atoms with Crippen LogP contribution in [0.1, 0.15) is 81.7 Å². The van der Waals surface area contributed by atoms with Gasteiger partial charge in [-0.05, 0) is 78.9 Å². The maximum absolute atomic E-state index is 6.21. The van der Waals surface area contributed by atoms with Crippen molar-refractivity contribution in [2.75, 3.05) is 0 Å². The summed E-state index contributed by atoms with van der Waals surface area (Å²) in [5.74, 6) is 0. The molecule has 33 heavy (non-hydrogen) atoms. The smallest absolute Gasteiger partial charge is 0.403 e. The van der Waals surface area contributed by atoms with Crippen molar-refractivity contribution in [3.05, 3.63) is 53.6 Å². The van der Waals surface area contributed by atoms with Crippen LogP contribution in [0.4, 0.5) is 0 Å². The fourth-order valence-electron chi connectivity index (χ4n) is 4.24. The molecule has 0 atom stereocenters. The molecule has 2 aliphatic heterocycles. The summed E-state index contributed by atoms with van der Waals surface area (Å²) < 4.78 is 24.7. The van der Waals surface area contributed by atoms with Gasteiger partial charge in [0.2, 0.25) is 0 Å². The lowest BCUT2D eigenvalue weighted by atomic mass is 9.73. The SMILES string of the molecule is C/C=C(\C=C/CB1OC(C)(C)C(C)(C)O1)C(C)(C)c1ccc(B2OC(C)(C)C(C)(C)O2)cc1. The normalized spacial score (nSPS) is 24.2. The van der Waals surface area contributed by atoms with Crippen LogP contribution in [-0.2, 0) is 24.0 Å². The Labute approximate surface area is 202 Å². The fourth-order valence-corrected chi connectivity index (χ4v) is 4.24. The second kappa shape index (κ2) is 8.71. The summed E-state index contributed by atoms with van der Waals surface area (Å²) in [6, 6.07) is 8.62. The molecule has 4 nitrogen and oxygen atoms in total. The van der Waals surface area contributed by atoms with Crippen molar-refractivity contribution in [3.63, 3.8) is 0 Å². The summed E-state index contributed by atoms with van der Waals surface area (Å²) in [4.78, 5) is 0. The summed E-state index contributed by atoms with van der Waals surface area (Å²) in [5.41, 5.74) is 2.13. The number of benzene rings is 1. The third-order valence-corrected chi connectivity index (χ3v) is 8.12. The third kappa shape index (κ3) is 5.05. The monoisotopic (exact) mass is 452 g/mol. The molecule has 3 rings (SSSR count). The average Bonchev–Trinajstić information content (AvgIpc) is 3.04. The van der Waals surface area contributed by atoms with Gasteiger partial charge in [0.1, 0.15) is 0 Å². The first-order valence-corrected chi connectivity index (χ1v) is 12.2. The van der Waals surface area contributed by atoms with Crippen molar-refractivity contribution in [2.24, 2.45) is 0 Å². The highest BCUT2D eigenvalue weighted by Gasteiger charge is 2.52. The molecule has 0 aliphatic carbocycles. The summed E-state index contributed by atoms with van der Waals surface area (Å²) >= 11 is 0. The highest BCUT2D eigenvalue weighted by Crippen LogP contribution is 2.39. The molecule has 2 saturated heterocycles. The Morgan fingerprint density at radius 1 is 0.788 bits per heavy atom. The first-order valence-electron chi connectivity index (χ1n) is 12.2. The second-order valence-electron chi connectivity index (χ2n) is 11.9. The highest BCUT2D eigenvalue weighted by molar-refractivity contribution is 6.62. The number of hydrogen-bond donors (Lipinski definition) is 0. The minimum Gasteiger partial charge on any atom is -0.403 e. The van der Waals surface area contributed by atoms with Gasteiger partial charge in [-0.25, -0.2) is 0 Å². The molecule has 0 unspecified atom stereocenters. The molecule has 1 aromatic carbocycles. The van der Waals surface area contributed by atoms with Crippen LogP contribution in [0.3, 0.4) is 0 Å². The van der Waals surface area contributed by atoms with E-state index in [9.17, 15) is 0 Å². The van der Waals surface area contributed by atoms with Crippen LogP contribution in [0.25, 0.3) is 0 Å². The van der Waals surface area contributed by atoms with Gasteiger partial charge in [0.25, 0.3) is 0 Å². The largest absolute Gasteiger partial charge is 0.494 e. The molecule has 180 valence electrons. The van der Waals surface area contributed by atoms with Crippen molar-refractivity contribution < 1.29 is 18.6 Å². The van der Waals surface area contributed by atoms with Gasteiger partial charge < -0.3 is 18.6 Å². The van der Waals surface area contributed by atoms with E-state index >= 15 is 0 Å². The van der Waals surface area contributed by atoms with E-state index in [0.717, 1.165) is 11.8 Å². The molecular formula is C27H42B2O4. The first-order chi connectivity index (χ1) is 15.0. The minimum atomic E-state index is -0.340. The van der Waals surface area contributed by atoms with Crippen LogP contribution in [-0.4, -0.2) is 36.6 Å². The second-order valence-corrected chi connectivity index (χ2v) is 11.9. The molecule has 6 heteroatoms. The highest BCUT2D eigenvalue weighted by atomic mass is 16.7. The van der Waals surface area contributed by atoms with E-state index in [1.54, 1.807) is 0 Å². The molecule has 0 saturated carbocycles. The average molecular weight is 452 g/mol. The Morgan fingerprint density at radius 2 is 1.24 bits per heavy atom. The fraction of sp³-hybridized carbons (Fsp3) is 0.630. The van der Waals surface area contributed by atoms with E-state index in [4.69, 9.17) is 18.6 Å². The lowest BCUT2D eigenvalue weighted by Crippen LogP contribution is -2.41. The predicted octanol–water partition coefficient (Wildman–Crippen LogP) is 5.86. The Hall–Kier alpha value is -1.33. The zero-order chi connectivity index (χ0) is 24.9. The molecule has 0 spiro atoms. The van der Waals surface area contributed by atoms with Gasteiger partial charge in [0, 0.05) is 11.7 Å². The quantitative estimate of drug-likeness (QED) is 0.401. The lowest BCUT2D eigenvalue weighted by Gasteiger charge is -2.32. The lowest BCUT2D eigenvalue weighted by molar-refractivity contribution is 0.00578. The van der Waals surface area contributed by atoms with Crippen molar-refractivity contribution in [1.29, 1.82) is 0 Å². The molecule has 0 bridgehead atoms. The van der Waals surface area contributed by atoms with Crippen LogP contribution < -0.4 is 5.46 Å². The predicted molar refractivity (Wildman–Crippen MR) is 139 cm³/mol. The van der Waals surface area contributed by atoms with Gasteiger partial charge in [0.15, 0.2) is 0 Å². The maximum atomic E-state index is 6.21. The van der Waals surface area contributed by atoms with E-state index in [0.29, 0.717) is 0 Å². The summed E-state index contributed by atoms with van der Waals surface area (Å²) in [5, 5.41) is 0. The zero-order valence-electron chi connectivity index (χ0n) is 22.5. The van der Waals surface area contributed by atoms with E-state index in [-0.39, 0.29) is 42.1 Å². The van der Waals surface area contributed by atoms with Crippen molar-refractivity contribution in [1.82, 2.24) is 0 Å². The Bertz CT molecular complexity index is 879. The molecule has 0 amide bonds. The van der Waals surface area contributed by atoms with Gasteiger partial charge in [-0.3, -0.25) is 0 Å². The Kier molecular flexibility index (Phi) is 6.94. The number of rotatable bonds is 6. The standard InChI is InChI=1S/C27H42B2O4/c1-12-20(14-13-19-28-30-24(4,5)25(6,7)31-28)23(2,3)21-15-17-22(18-16-21)29-32-26(8,9)27(10,11)33-29/h12-18H,19H2,1-11H3/b14-13-,20-12+. The van der Waals surface area contributed by atoms with Crippen LogP contribution in [0.15, 0.2) is 48.1 Å². The van der Waals surface area contributed by atoms with Crippen LogP contribution in [0.2, 0.25) is 6.32 Å². The van der Waals surface area contributed by atoms with E-state index < -0.39 is 0 Å². The molecule has 1 aromatic rings. The zero-order valence-corrected chi connectivity index (χ0v) is 22.5. The summed E-state index contributed by atoms with van der Waals surface area (Å²) in [6.07, 6.45) is 7.27. The topological polar surface area (TPSA) is 36.9 Å². The molecule has 0 radical (unpaired) electrons. The third-order valence-electron chi connectivity index (χ3n) is 8.12. The van der Waals surface area contributed by atoms with E-state index in [2.05, 4.69) is 119 Å². The molecule has 2 fully saturated rings. The molecule has 2 heterocycles. The van der Waals surface area contributed by atoms with Crippen molar-refractivity contribution in [2.45, 2.75) is 110 Å². The van der Waals surface area contributed by atoms with Crippen LogP contribution in [0, 0.1) is 0 Å². The molecular weight excluding hydrogens is 410 g/mol. The van der Waals surface area contributed by atoms with Gasteiger partial charge >= 0.3 is 14.2 Å². The maximum Gasteiger partial charge on any atom is 0.494 e. The minimum absolute atomic E-state index is 0.143. The summed E-state index contributed by atoms with van der Waals surface area (Å²) in [6.45, 7) is 23.3. The van der Waals surface area contributed by atoms with E-state index in [1.807, 2.05) is 0 Å². The Balaban J connectivity index is 1.69.